The van der Waals surface area contributed by atoms with Crippen LogP contribution in [0.2, 0.25) is 0 Å². The first kappa shape index (κ1) is 25.7. The zero-order valence-electron chi connectivity index (χ0n) is 21.7. The minimum absolute atomic E-state index is 0.0679. The molecule has 1 aliphatic carbocycles. The number of rotatable bonds is 9. The molecule has 194 valence electrons. The summed E-state index contributed by atoms with van der Waals surface area (Å²) in [6.07, 6.45) is 7.65. The van der Waals surface area contributed by atoms with Crippen LogP contribution in [0.25, 0.3) is 0 Å². The Bertz CT molecular complexity index is 1090. The Hall–Kier alpha value is -3.40. The number of aromatic nitrogens is 2. The van der Waals surface area contributed by atoms with Gasteiger partial charge in [0.1, 0.15) is 11.4 Å². The number of anilines is 4. The number of carbonyl (C=O) groups is 2. The van der Waals surface area contributed by atoms with Gasteiger partial charge >= 0.3 is 0 Å². The van der Waals surface area contributed by atoms with E-state index in [-0.39, 0.29) is 11.8 Å². The Morgan fingerprint density at radius 2 is 2.03 bits per heavy atom. The number of ether oxygens (including phenoxy) is 1. The number of hydrogen-bond donors (Lipinski definition) is 2. The number of carbonyl (C=O) groups excluding carboxylic acids is 2. The van der Waals surface area contributed by atoms with Gasteiger partial charge in [-0.3, -0.25) is 9.59 Å². The predicted octanol–water partition coefficient (Wildman–Crippen LogP) is 3.03. The average Bonchev–Trinajstić information content (AvgIpc) is 3.37. The van der Waals surface area contributed by atoms with Crippen LogP contribution in [0.1, 0.15) is 48.9 Å². The number of nitrogens with one attached hydrogen (secondary N) is 2. The first-order valence-corrected chi connectivity index (χ1v) is 12.7. The molecule has 0 spiro atoms. The molecule has 2 aliphatic rings. The quantitative estimate of drug-likeness (QED) is 0.512. The monoisotopic (exact) mass is 495 g/mol. The van der Waals surface area contributed by atoms with Crippen molar-refractivity contribution >= 4 is 35.0 Å². The predicted molar refractivity (Wildman–Crippen MR) is 141 cm³/mol. The van der Waals surface area contributed by atoms with Gasteiger partial charge in [-0.25, -0.2) is 4.98 Å². The lowest BCUT2D eigenvalue weighted by Crippen LogP contribution is -2.34. The molecule has 0 unspecified atom stereocenters. The summed E-state index contributed by atoms with van der Waals surface area (Å²) in [7, 11) is 7.37. The van der Waals surface area contributed by atoms with E-state index in [1.807, 2.05) is 14.1 Å². The van der Waals surface area contributed by atoms with E-state index in [0.29, 0.717) is 48.5 Å². The molecule has 2 heterocycles. The van der Waals surface area contributed by atoms with E-state index in [9.17, 15) is 9.59 Å². The van der Waals surface area contributed by atoms with Gasteiger partial charge < -0.3 is 30.1 Å². The lowest BCUT2D eigenvalue weighted by Gasteiger charge is -2.30. The van der Waals surface area contributed by atoms with Crippen LogP contribution in [0, 0.1) is 0 Å². The largest absolute Gasteiger partial charge is 0.495 e. The summed E-state index contributed by atoms with van der Waals surface area (Å²) in [4.78, 5) is 40.5. The van der Waals surface area contributed by atoms with E-state index in [1.165, 1.54) is 12.8 Å². The number of nitrogens with zero attached hydrogens (tertiary/aromatic N) is 5. The average molecular weight is 496 g/mol. The van der Waals surface area contributed by atoms with E-state index < -0.39 is 0 Å². The molecule has 10 nitrogen and oxygen atoms in total. The van der Waals surface area contributed by atoms with Crippen LogP contribution in [-0.2, 0) is 4.79 Å². The summed E-state index contributed by atoms with van der Waals surface area (Å²) in [5.74, 6) is 1.65. The number of fused-ring (bicyclic) bond motifs is 1. The Balaban J connectivity index is 1.53. The summed E-state index contributed by atoms with van der Waals surface area (Å²) < 4.78 is 5.56. The topological polar surface area (TPSA) is 103 Å². The highest BCUT2D eigenvalue weighted by atomic mass is 16.5. The fourth-order valence-corrected chi connectivity index (χ4v) is 4.83. The zero-order valence-corrected chi connectivity index (χ0v) is 21.7. The summed E-state index contributed by atoms with van der Waals surface area (Å²) >= 11 is 0. The molecule has 0 atom stereocenters. The summed E-state index contributed by atoms with van der Waals surface area (Å²) in [5, 5.41) is 6.20. The second-order valence-corrected chi connectivity index (χ2v) is 9.69. The lowest BCUT2D eigenvalue weighted by molar-refractivity contribution is -0.118. The van der Waals surface area contributed by atoms with Crippen molar-refractivity contribution in [2.75, 3.05) is 63.0 Å². The van der Waals surface area contributed by atoms with Gasteiger partial charge in [-0.1, -0.05) is 12.8 Å². The van der Waals surface area contributed by atoms with Gasteiger partial charge in [-0.15, -0.1) is 0 Å². The molecule has 1 aromatic carbocycles. The van der Waals surface area contributed by atoms with Crippen LogP contribution in [0.15, 0.2) is 24.4 Å². The van der Waals surface area contributed by atoms with Crippen molar-refractivity contribution < 1.29 is 14.3 Å². The van der Waals surface area contributed by atoms with Gasteiger partial charge in [0.25, 0.3) is 5.91 Å². The van der Waals surface area contributed by atoms with Gasteiger partial charge in [0, 0.05) is 38.2 Å². The summed E-state index contributed by atoms with van der Waals surface area (Å²) in [5.41, 5.74) is 1.91. The van der Waals surface area contributed by atoms with Gasteiger partial charge in [0.2, 0.25) is 11.9 Å². The van der Waals surface area contributed by atoms with E-state index >= 15 is 0 Å². The third-order valence-corrected chi connectivity index (χ3v) is 6.87. The fourth-order valence-electron chi connectivity index (χ4n) is 4.83. The molecular weight excluding hydrogens is 458 g/mol. The van der Waals surface area contributed by atoms with Gasteiger partial charge in [0.05, 0.1) is 19.0 Å². The Labute approximate surface area is 213 Å². The molecule has 0 saturated heterocycles. The summed E-state index contributed by atoms with van der Waals surface area (Å²) in [6.45, 7) is 2.17. The standard InChI is InChI=1S/C26H37N7O3/c1-31(2)14-7-13-27-25(35)18-10-11-20(22(16-18)36-4)29-26-28-17-21-24(30-26)33(19-8-5-6-9-19)15-12-23(34)32(21)3/h10-11,16-17,19H,5-9,12-15H2,1-4H3,(H,27,35)(H,28,29,30). The normalized spacial score (nSPS) is 16.2. The maximum atomic E-state index is 12.6. The second kappa shape index (κ2) is 11.6. The minimum Gasteiger partial charge on any atom is -0.495 e. The van der Waals surface area contributed by atoms with Gasteiger partial charge in [0.15, 0.2) is 5.82 Å². The van der Waals surface area contributed by atoms with Crippen LogP contribution in [0.3, 0.4) is 0 Å². The molecule has 0 bridgehead atoms. The maximum absolute atomic E-state index is 12.6. The fraction of sp³-hybridized carbons (Fsp3) is 0.538. The molecule has 4 rings (SSSR count). The Kier molecular flexibility index (Phi) is 8.25. The molecular formula is C26H37N7O3. The number of benzene rings is 1. The highest BCUT2D eigenvalue weighted by molar-refractivity contribution is 5.97. The van der Waals surface area contributed by atoms with Crippen molar-refractivity contribution in [3.63, 3.8) is 0 Å². The highest BCUT2D eigenvalue weighted by Gasteiger charge is 2.31. The molecule has 2 amide bonds. The van der Waals surface area contributed by atoms with E-state index in [2.05, 4.69) is 25.4 Å². The molecule has 1 aromatic heterocycles. The van der Waals surface area contributed by atoms with Gasteiger partial charge in [-0.05, 0) is 58.1 Å². The van der Waals surface area contributed by atoms with E-state index in [1.54, 1.807) is 43.5 Å². The van der Waals surface area contributed by atoms with Crippen LogP contribution >= 0.6 is 0 Å². The molecule has 36 heavy (non-hydrogen) atoms. The number of hydrogen-bond acceptors (Lipinski definition) is 8. The van der Waals surface area contributed by atoms with Crippen LogP contribution in [-0.4, -0.2) is 80.6 Å². The van der Waals surface area contributed by atoms with Crippen LogP contribution < -0.4 is 25.2 Å². The van der Waals surface area contributed by atoms with Crippen molar-refractivity contribution in [1.82, 2.24) is 20.2 Å². The van der Waals surface area contributed by atoms with Gasteiger partial charge in [-0.2, -0.15) is 4.98 Å². The molecule has 1 aliphatic heterocycles. The van der Waals surface area contributed by atoms with Crippen LogP contribution in [0.5, 0.6) is 5.75 Å². The van der Waals surface area contributed by atoms with Crippen molar-refractivity contribution in [2.45, 2.75) is 44.6 Å². The Morgan fingerprint density at radius 3 is 2.75 bits per heavy atom. The molecule has 0 radical (unpaired) electrons. The SMILES string of the molecule is COc1cc(C(=O)NCCCN(C)C)ccc1Nc1ncc2c(n1)N(C1CCCC1)CCC(=O)N2C. The van der Waals surface area contributed by atoms with Crippen molar-refractivity contribution in [3.8, 4) is 5.75 Å². The first-order valence-electron chi connectivity index (χ1n) is 12.7. The third-order valence-electron chi connectivity index (χ3n) is 6.87. The number of methoxy groups -OCH3 is 1. The maximum Gasteiger partial charge on any atom is 0.251 e. The third kappa shape index (κ3) is 5.87. The smallest absolute Gasteiger partial charge is 0.251 e. The second-order valence-electron chi connectivity index (χ2n) is 9.69. The minimum atomic E-state index is -0.139. The first-order chi connectivity index (χ1) is 17.4. The Morgan fingerprint density at radius 1 is 1.25 bits per heavy atom. The summed E-state index contributed by atoms with van der Waals surface area (Å²) in [6, 6.07) is 5.65. The molecule has 2 N–H and O–H groups in total. The molecule has 2 aromatic rings. The lowest BCUT2D eigenvalue weighted by atomic mass is 10.1. The van der Waals surface area contributed by atoms with Crippen molar-refractivity contribution in [3.05, 3.63) is 30.0 Å². The zero-order chi connectivity index (χ0) is 25.7. The highest BCUT2D eigenvalue weighted by Crippen LogP contribution is 2.36. The molecule has 1 saturated carbocycles. The van der Waals surface area contributed by atoms with Crippen LogP contribution in [0.4, 0.5) is 23.1 Å². The molecule has 10 heteroatoms. The van der Waals surface area contributed by atoms with Crippen molar-refractivity contribution in [1.29, 1.82) is 0 Å². The van der Waals surface area contributed by atoms with E-state index in [4.69, 9.17) is 9.72 Å². The molecule has 1 fully saturated rings. The number of amides is 2. The van der Waals surface area contributed by atoms with Crippen molar-refractivity contribution in [2.24, 2.45) is 0 Å². The van der Waals surface area contributed by atoms with E-state index in [0.717, 1.165) is 37.3 Å².